The fourth-order valence-corrected chi connectivity index (χ4v) is 2.75. The lowest BCUT2D eigenvalue weighted by Crippen LogP contribution is -2.27. The fourth-order valence-electron chi connectivity index (χ4n) is 2.52. The molecule has 17 heavy (non-hydrogen) atoms. The summed E-state index contributed by atoms with van der Waals surface area (Å²) in [6.07, 6.45) is 2.16. The van der Waals surface area contributed by atoms with Crippen molar-refractivity contribution in [1.29, 1.82) is 0 Å². The molecule has 0 saturated carbocycles. The third-order valence-corrected chi connectivity index (χ3v) is 4.87. The largest absolute Gasteiger partial charge is 0.381 e. The van der Waals surface area contributed by atoms with Crippen molar-refractivity contribution in [3.63, 3.8) is 0 Å². The SMILES string of the molecule is Cc1cc(C(N)C2CCOCC2)cc(C)c1Br. The van der Waals surface area contributed by atoms with E-state index in [2.05, 4.69) is 41.9 Å². The predicted octanol–water partition coefficient (Wildman–Crippen LogP) is 3.49. The van der Waals surface area contributed by atoms with Gasteiger partial charge in [0.1, 0.15) is 0 Å². The highest BCUT2D eigenvalue weighted by Crippen LogP contribution is 2.31. The van der Waals surface area contributed by atoms with E-state index in [4.69, 9.17) is 10.5 Å². The Balaban J connectivity index is 2.21. The van der Waals surface area contributed by atoms with E-state index in [1.165, 1.54) is 21.2 Å². The summed E-state index contributed by atoms with van der Waals surface area (Å²) >= 11 is 3.60. The van der Waals surface area contributed by atoms with E-state index in [1.54, 1.807) is 0 Å². The molecule has 3 heteroatoms. The second kappa shape index (κ2) is 5.51. The predicted molar refractivity (Wildman–Crippen MR) is 74.1 cm³/mol. The van der Waals surface area contributed by atoms with Gasteiger partial charge in [0, 0.05) is 23.7 Å². The maximum Gasteiger partial charge on any atom is 0.0469 e. The Hall–Kier alpha value is -0.380. The first-order chi connectivity index (χ1) is 8.09. The van der Waals surface area contributed by atoms with Crippen molar-refractivity contribution in [2.75, 3.05) is 13.2 Å². The highest BCUT2D eigenvalue weighted by molar-refractivity contribution is 9.10. The molecule has 1 atom stereocenters. The maximum absolute atomic E-state index is 6.39. The molecule has 1 heterocycles. The first kappa shape index (κ1) is 13.1. The maximum atomic E-state index is 6.39. The number of hydrogen-bond acceptors (Lipinski definition) is 2. The van der Waals surface area contributed by atoms with Crippen LogP contribution in [0.1, 0.15) is 35.6 Å². The second-order valence-electron chi connectivity index (χ2n) is 4.94. The normalized spacial score (nSPS) is 19.3. The molecule has 0 bridgehead atoms. The first-order valence-corrected chi connectivity index (χ1v) is 6.99. The Labute approximate surface area is 112 Å². The molecule has 2 rings (SSSR count). The number of nitrogens with two attached hydrogens (primary N) is 1. The Bertz CT molecular complexity index is 376. The van der Waals surface area contributed by atoms with Gasteiger partial charge in [-0.05, 0) is 49.3 Å². The van der Waals surface area contributed by atoms with Gasteiger partial charge in [-0.15, -0.1) is 0 Å². The van der Waals surface area contributed by atoms with E-state index in [0.717, 1.165) is 26.1 Å². The van der Waals surface area contributed by atoms with Crippen LogP contribution in [0.5, 0.6) is 0 Å². The first-order valence-electron chi connectivity index (χ1n) is 6.19. The van der Waals surface area contributed by atoms with E-state index in [-0.39, 0.29) is 6.04 Å². The molecule has 0 spiro atoms. The van der Waals surface area contributed by atoms with Gasteiger partial charge in [-0.2, -0.15) is 0 Å². The summed E-state index contributed by atoms with van der Waals surface area (Å²) in [5.41, 5.74) is 10.2. The van der Waals surface area contributed by atoms with Crippen LogP contribution in [0.3, 0.4) is 0 Å². The van der Waals surface area contributed by atoms with Crippen LogP contribution < -0.4 is 5.73 Å². The van der Waals surface area contributed by atoms with Gasteiger partial charge >= 0.3 is 0 Å². The lowest BCUT2D eigenvalue weighted by atomic mass is 9.87. The van der Waals surface area contributed by atoms with Gasteiger partial charge < -0.3 is 10.5 Å². The van der Waals surface area contributed by atoms with Crippen molar-refractivity contribution in [2.45, 2.75) is 32.7 Å². The highest BCUT2D eigenvalue weighted by Gasteiger charge is 2.22. The molecule has 0 radical (unpaired) electrons. The molecule has 2 nitrogen and oxygen atoms in total. The molecule has 1 aliphatic heterocycles. The smallest absolute Gasteiger partial charge is 0.0469 e. The summed E-state index contributed by atoms with van der Waals surface area (Å²) in [4.78, 5) is 0. The van der Waals surface area contributed by atoms with Crippen LogP contribution in [0.15, 0.2) is 16.6 Å². The molecule has 0 aromatic heterocycles. The number of halogens is 1. The van der Waals surface area contributed by atoms with Gasteiger partial charge in [0.25, 0.3) is 0 Å². The van der Waals surface area contributed by atoms with E-state index in [9.17, 15) is 0 Å². The molecule has 94 valence electrons. The molecule has 1 aromatic rings. The topological polar surface area (TPSA) is 35.2 Å². The molecule has 2 N–H and O–H groups in total. The average Bonchev–Trinajstić information content (AvgIpc) is 2.35. The molecular weight excluding hydrogens is 278 g/mol. The number of ether oxygens (including phenoxy) is 1. The van der Waals surface area contributed by atoms with Gasteiger partial charge in [0.2, 0.25) is 0 Å². The van der Waals surface area contributed by atoms with Crippen LogP contribution in [0.4, 0.5) is 0 Å². The van der Waals surface area contributed by atoms with Gasteiger partial charge in [-0.3, -0.25) is 0 Å². The van der Waals surface area contributed by atoms with E-state index >= 15 is 0 Å². The van der Waals surface area contributed by atoms with Crippen molar-refractivity contribution in [3.8, 4) is 0 Å². The molecular formula is C14H20BrNO. The minimum atomic E-state index is 0.143. The summed E-state index contributed by atoms with van der Waals surface area (Å²) in [6.45, 7) is 5.95. The molecule has 1 aliphatic rings. The van der Waals surface area contributed by atoms with E-state index in [1.807, 2.05) is 0 Å². The molecule has 1 fully saturated rings. The van der Waals surface area contributed by atoms with Crippen LogP contribution in [-0.4, -0.2) is 13.2 Å². The summed E-state index contributed by atoms with van der Waals surface area (Å²) in [7, 11) is 0. The quantitative estimate of drug-likeness (QED) is 0.907. The number of rotatable bonds is 2. The zero-order chi connectivity index (χ0) is 12.4. The Morgan fingerprint density at radius 2 is 1.76 bits per heavy atom. The Morgan fingerprint density at radius 1 is 1.24 bits per heavy atom. The number of aryl methyl sites for hydroxylation is 2. The van der Waals surface area contributed by atoms with Crippen LogP contribution in [0.2, 0.25) is 0 Å². The molecule has 0 amide bonds. The molecule has 1 saturated heterocycles. The number of benzene rings is 1. The Kier molecular flexibility index (Phi) is 4.23. The van der Waals surface area contributed by atoms with Crippen molar-refractivity contribution in [2.24, 2.45) is 11.7 Å². The van der Waals surface area contributed by atoms with Crippen molar-refractivity contribution < 1.29 is 4.74 Å². The highest BCUT2D eigenvalue weighted by atomic mass is 79.9. The summed E-state index contributed by atoms with van der Waals surface area (Å²) in [5.74, 6) is 0.559. The minimum Gasteiger partial charge on any atom is -0.381 e. The van der Waals surface area contributed by atoms with E-state index < -0.39 is 0 Å². The standard InChI is InChI=1S/C14H20BrNO/c1-9-7-12(8-10(2)13(9)15)14(16)11-3-5-17-6-4-11/h7-8,11,14H,3-6,16H2,1-2H3. The monoisotopic (exact) mass is 297 g/mol. The van der Waals surface area contributed by atoms with Gasteiger partial charge in [-0.25, -0.2) is 0 Å². The third-order valence-electron chi connectivity index (χ3n) is 3.62. The summed E-state index contributed by atoms with van der Waals surface area (Å²) < 4.78 is 6.58. The lowest BCUT2D eigenvalue weighted by Gasteiger charge is -2.28. The van der Waals surface area contributed by atoms with Crippen molar-refractivity contribution in [1.82, 2.24) is 0 Å². The van der Waals surface area contributed by atoms with Crippen molar-refractivity contribution in [3.05, 3.63) is 33.3 Å². The van der Waals surface area contributed by atoms with Crippen LogP contribution in [-0.2, 0) is 4.74 Å². The zero-order valence-electron chi connectivity index (χ0n) is 10.5. The van der Waals surface area contributed by atoms with Gasteiger partial charge in [-0.1, -0.05) is 28.1 Å². The lowest BCUT2D eigenvalue weighted by molar-refractivity contribution is 0.0583. The Morgan fingerprint density at radius 3 is 2.29 bits per heavy atom. The second-order valence-corrected chi connectivity index (χ2v) is 5.74. The van der Waals surface area contributed by atoms with Crippen molar-refractivity contribution >= 4 is 15.9 Å². The molecule has 1 unspecified atom stereocenters. The summed E-state index contributed by atoms with van der Waals surface area (Å²) in [6, 6.07) is 4.55. The minimum absolute atomic E-state index is 0.143. The zero-order valence-corrected chi connectivity index (χ0v) is 12.1. The molecule has 0 aliphatic carbocycles. The van der Waals surface area contributed by atoms with E-state index in [0.29, 0.717) is 5.92 Å². The fraction of sp³-hybridized carbons (Fsp3) is 0.571. The van der Waals surface area contributed by atoms with Gasteiger partial charge in [0.15, 0.2) is 0 Å². The molecule has 1 aromatic carbocycles. The van der Waals surface area contributed by atoms with Crippen LogP contribution in [0.25, 0.3) is 0 Å². The summed E-state index contributed by atoms with van der Waals surface area (Å²) in [5, 5.41) is 0. The average molecular weight is 298 g/mol. The van der Waals surface area contributed by atoms with Gasteiger partial charge in [0.05, 0.1) is 0 Å². The number of hydrogen-bond donors (Lipinski definition) is 1. The third kappa shape index (κ3) is 2.90. The van der Waals surface area contributed by atoms with Crippen LogP contribution >= 0.6 is 15.9 Å². The van der Waals surface area contributed by atoms with Crippen LogP contribution in [0, 0.1) is 19.8 Å².